The molecule has 0 radical (unpaired) electrons. The van der Waals surface area contributed by atoms with Crippen molar-refractivity contribution in [3.05, 3.63) is 58.9 Å². The number of carbonyl (C=O) groups is 1. The molecule has 0 atom stereocenters. The number of nitrogens with one attached hydrogen (secondary N) is 1. The molecule has 2 heterocycles. The van der Waals surface area contributed by atoms with Gasteiger partial charge < -0.3 is 5.32 Å². The zero-order valence-electron chi connectivity index (χ0n) is 12.1. The summed E-state index contributed by atoms with van der Waals surface area (Å²) in [6.45, 7) is 2.20. The van der Waals surface area contributed by atoms with E-state index in [1.54, 1.807) is 12.4 Å². The van der Waals surface area contributed by atoms with Gasteiger partial charge >= 0.3 is 0 Å². The number of hydrogen-bond acceptors (Lipinski definition) is 3. The Labute approximate surface area is 126 Å². The number of aromatic nitrogens is 2. The highest BCUT2D eigenvalue weighted by Gasteiger charge is 2.48. The minimum Gasteiger partial charge on any atom is -0.348 e. The molecule has 0 bridgehead atoms. The molecule has 0 saturated heterocycles. The van der Waals surface area contributed by atoms with Gasteiger partial charge in [0.05, 0.1) is 5.56 Å². The Balaban J connectivity index is 1.70. The first-order valence-corrected chi connectivity index (χ1v) is 7.02. The van der Waals surface area contributed by atoms with Gasteiger partial charge in [0.1, 0.15) is 11.5 Å². The summed E-state index contributed by atoms with van der Waals surface area (Å²) in [7, 11) is 0. The second-order valence-electron chi connectivity index (χ2n) is 5.50. The predicted octanol–water partition coefficient (Wildman–Crippen LogP) is 2.81. The van der Waals surface area contributed by atoms with Gasteiger partial charge in [0.2, 0.25) is 0 Å². The molecule has 1 fully saturated rings. The molecule has 0 aromatic carbocycles. The van der Waals surface area contributed by atoms with Crippen molar-refractivity contribution < 1.29 is 13.6 Å². The highest BCUT2D eigenvalue weighted by atomic mass is 19.2. The summed E-state index contributed by atoms with van der Waals surface area (Å²) in [6, 6.07) is 2.88. The average molecular weight is 303 g/mol. The summed E-state index contributed by atoms with van der Waals surface area (Å²) in [6.07, 6.45) is 5.11. The van der Waals surface area contributed by atoms with E-state index >= 15 is 0 Å². The number of aryl methyl sites for hydroxylation is 1. The van der Waals surface area contributed by atoms with Crippen LogP contribution in [0.5, 0.6) is 0 Å². The summed E-state index contributed by atoms with van der Waals surface area (Å²) in [5, 5.41) is 2.68. The van der Waals surface area contributed by atoms with Crippen molar-refractivity contribution in [1.29, 1.82) is 0 Å². The van der Waals surface area contributed by atoms with Crippen LogP contribution in [-0.4, -0.2) is 15.9 Å². The fourth-order valence-corrected chi connectivity index (χ4v) is 2.20. The fourth-order valence-electron chi connectivity index (χ4n) is 2.20. The molecule has 2 aromatic heterocycles. The van der Waals surface area contributed by atoms with E-state index in [1.165, 1.54) is 6.20 Å². The van der Waals surface area contributed by atoms with E-state index in [0.717, 1.165) is 17.2 Å². The molecule has 6 heteroatoms. The number of pyridine rings is 2. The smallest absolute Gasteiger partial charge is 0.253 e. The largest absolute Gasteiger partial charge is 0.348 e. The lowest BCUT2D eigenvalue weighted by molar-refractivity contribution is 0.0949. The molecule has 0 aliphatic heterocycles. The Bertz CT molecular complexity index is 729. The quantitative estimate of drug-likeness (QED) is 0.945. The first kappa shape index (κ1) is 14.6. The number of hydrogen-bond donors (Lipinski definition) is 1. The standard InChI is InChI=1S/C16H15F2N3O/c1-10-2-5-19-7-12(10)9-21-15(22)11-6-13(17)14(20-8-11)16(18)3-4-16/h2,5-8H,3-4,9H2,1H3,(H,21,22). The van der Waals surface area contributed by atoms with E-state index < -0.39 is 17.4 Å². The van der Waals surface area contributed by atoms with E-state index in [-0.39, 0.29) is 30.6 Å². The van der Waals surface area contributed by atoms with Crippen LogP contribution in [0.1, 0.15) is 40.0 Å². The number of carbonyl (C=O) groups excluding carboxylic acids is 1. The van der Waals surface area contributed by atoms with Crippen molar-refractivity contribution in [3.63, 3.8) is 0 Å². The van der Waals surface area contributed by atoms with Crippen molar-refractivity contribution in [2.45, 2.75) is 32.0 Å². The summed E-state index contributed by atoms with van der Waals surface area (Å²) >= 11 is 0. The van der Waals surface area contributed by atoms with Gasteiger partial charge in [-0.15, -0.1) is 0 Å². The summed E-state index contributed by atoms with van der Waals surface area (Å²) in [4.78, 5) is 19.8. The van der Waals surface area contributed by atoms with Gasteiger partial charge in [-0.1, -0.05) is 0 Å². The first-order chi connectivity index (χ1) is 10.5. The van der Waals surface area contributed by atoms with Gasteiger partial charge in [0, 0.05) is 25.1 Å². The van der Waals surface area contributed by atoms with Gasteiger partial charge in [-0.25, -0.2) is 8.78 Å². The first-order valence-electron chi connectivity index (χ1n) is 7.02. The number of amides is 1. The zero-order valence-corrected chi connectivity index (χ0v) is 12.1. The van der Waals surface area contributed by atoms with Gasteiger partial charge in [0.25, 0.3) is 5.91 Å². The molecule has 0 spiro atoms. The highest BCUT2D eigenvalue weighted by molar-refractivity contribution is 5.93. The highest BCUT2D eigenvalue weighted by Crippen LogP contribution is 2.49. The maximum absolute atomic E-state index is 13.9. The topological polar surface area (TPSA) is 54.9 Å². The minimum atomic E-state index is -1.65. The monoisotopic (exact) mass is 303 g/mol. The average Bonchev–Trinajstić information content (AvgIpc) is 3.24. The van der Waals surface area contributed by atoms with E-state index in [4.69, 9.17) is 0 Å². The second-order valence-corrected chi connectivity index (χ2v) is 5.50. The summed E-state index contributed by atoms with van der Waals surface area (Å²) < 4.78 is 27.7. The van der Waals surface area contributed by atoms with Crippen LogP contribution in [0.15, 0.2) is 30.7 Å². The fraction of sp³-hybridized carbons (Fsp3) is 0.312. The molecule has 4 nitrogen and oxygen atoms in total. The third-order valence-electron chi connectivity index (χ3n) is 3.80. The molecule has 1 N–H and O–H groups in total. The van der Waals surface area contributed by atoms with Crippen molar-refractivity contribution in [3.8, 4) is 0 Å². The van der Waals surface area contributed by atoms with Crippen LogP contribution in [0.25, 0.3) is 0 Å². The lowest BCUT2D eigenvalue weighted by atomic mass is 10.1. The molecule has 1 aliphatic carbocycles. The SMILES string of the molecule is Cc1ccncc1CNC(=O)c1cnc(C2(F)CC2)c(F)c1. The summed E-state index contributed by atoms with van der Waals surface area (Å²) in [5.41, 5.74) is 0.107. The maximum Gasteiger partial charge on any atom is 0.253 e. The van der Waals surface area contributed by atoms with Crippen LogP contribution < -0.4 is 5.32 Å². The van der Waals surface area contributed by atoms with Crippen LogP contribution in [0.3, 0.4) is 0 Å². The molecule has 2 aromatic rings. The normalized spacial score (nSPS) is 15.4. The Morgan fingerprint density at radius 3 is 2.82 bits per heavy atom. The Kier molecular flexibility index (Phi) is 3.60. The molecular formula is C16H15F2N3O. The van der Waals surface area contributed by atoms with Gasteiger partial charge in [-0.05, 0) is 43.0 Å². The van der Waals surface area contributed by atoms with Crippen molar-refractivity contribution in [1.82, 2.24) is 15.3 Å². The molecule has 1 aliphatic rings. The van der Waals surface area contributed by atoms with Crippen LogP contribution >= 0.6 is 0 Å². The van der Waals surface area contributed by atoms with Crippen LogP contribution in [-0.2, 0) is 12.2 Å². The van der Waals surface area contributed by atoms with E-state index in [0.29, 0.717) is 0 Å². The third kappa shape index (κ3) is 2.81. The lowest BCUT2D eigenvalue weighted by Gasteiger charge is -2.09. The van der Waals surface area contributed by atoms with Gasteiger partial charge in [-0.2, -0.15) is 0 Å². The van der Waals surface area contributed by atoms with E-state index in [9.17, 15) is 13.6 Å². The van der Waals surface area contributed by atoms with Crippen LogP contribution in [0.4, 0.5) is 8.78 Å². The number of halogens is 2. The second kappa shape index (κ2) is 5.44. The molecule has 3 rings (SSSR count). The van der Waals surface area contributed by atoms with Crippen molar-refractivity contribution in [2.24, 2.45) is 0 Å². The van der Waals surface area contributed by atoms with Crippen LogP contribution in [0, 0.1) is 12.7 Å². The number of nitrogens with zero attached hydrogens (tertiary/aromatic N) is 2. The Hall–Kier alpha value is -2.37. The molecule has 0 unspecified atom stereocenters. The maximum atomic E-state index is 13.9. The van der Waals surface area contributed by atoms with Crippen molar-refractivity contribution >= 4 is 5.91 Å². The van der Waals surface area contributed by atoms with Gasteiger partial charge in [-0.3, -0.25) is 14.8 Å². The number of rotatable bonds is 4. The molecule has 1 amide bonds. The van der Waals surface area contributed by atoms with Crippen molar-refractivity contribution in [2.75, 3.05) is 0 Å². The molecule has 1 saturated carbocycles. The Morgan fingerprint density at radius 2 is 2.18 bits per heavy atom. The Morgan fingerprint density at radius 1 is 1.41 bits per heavy atom. The van der Waals surface area contributed by atoms with E-state index in [1.807, 2.05) is 13.0 Å². The summed E-state index contributed by atoms with van der Waals surface area (Å²) in [5.74, 6) is -1.23. The molecule has 114 valence electrons. The van der Waals surface area contributed by atoms with Crippen LogP contribution in [0.2, 0.25) is 0 Å². The van der Waals surface area contributed by atoms with E-state index in [2.05, 4.69) is 15.3 Å². The molecule has 22 heavy (non-hydrogen) atoms. The lowest BCUT2D eigenvalue weighted by Crippen LogP contribution is -2.24. The van der Waals surface area contributed by atoms with Gasteiger partial charge in [0.15, 0.2) is 5.67 Å². The number of alkyl halides is 1. The minimum absolute atomic E-state index is 0.0760. The molecular weight excluding hydrogens is 288 g/mol. The zero-order chi connectivity index (χ0) is 15.7. The predicted molar refractivity (Wildman–Crippen MR) is 76.4 cm³/mol. The third-order valence-corrected chi connectivity index (χ3v) is 3.80.